The lowest BCUT2D eigenvalue weighted by atomic mass is 10.1. The zero-order valence-corrected chi connectivity index (χ0v) is 18.1. The maximum Gasteiger partial charge on any atom is 0.221 e. The summed E-state index contributed by atoms with van der Waals surface area (Å²) in [6.07, 6.45) is 16.9. The smallest absolute Gasteiger partial charge is 0.221 e. The summed E-state index contributed by atoms with van der Waals surface area (Å²) < 4.78 is 0. The topological polar surface area (TPSA) is 44.4 Å². The van der Waals surface area contributed by atoms with Gasteiger partial charge in [0, 0.05) is 32.6 Å². The van der Waals surface area contributed by atoms with E-state index in [0.717, 1.165) is 39.1 Å². The van der Waals surface area contributed by atoms with E-state index in [4.69, 9.17) is 0 Å². The monoisotopic (exact) mass is 369 g/mol. The van der Waals surface area contributed by atoms with E-state index in [0.29, 0.717) is 6.42 Å². The number of nitrogens with zero attached hydrogens (tertiary/aromatic N) is 1. The quantitative estimate of drug-likeness (QED) is 0.305. The van der Waals surface area contributed by atoms with Crippen LogP contribution in [0.2, 0.25) is 0 Å². The van der Waals surface area contributed by atoms with Crippen LogP contribution >= 0.6 is 0 Å². The normalized spacial score (nSPS) is 11.2. The van der Waals surface area contributed by atoms with Crippen LogP contribution in [0.5, 0.6) is 0 Å². The number of unbranched alkanes of at least 4 members (excludes halogenated alkanes) is 11. The van der Waals surface area contributed by atoms with Gasteiger partial charge in [0.15, 0.2) is 0 Å². The molecule has 0 unspecified atom stereocenters. The minimum Gasteiger partial charge on any atom is -0.356 e. The lowest BCUT2D eigenvalue weighted by molar-refractivity contribution is -0.121. The summed E-state index contributed by atoms with van der Waals surface area (Å²) in [5, 5.41) is 6.23. The van der Waals surface area contributed by atoms with E-state index in [1.165, 1.54) is 70.6 Å². The molecule has 0 rings (SSSR count). The van der Waals surface area contributed by atoms with Crippen molar-refractivity contribution in [3.8, 4) is 0 Å². The van der Waals surface area contributed by atoms with Crippen molar-refractivity contribution in [1.82, 2.24) is 15.5 Å². The zero-order valence-electron chi connectivity index (χ0n) is 18.1. The second kappa shape index (κ2) is 20.7. The van der Waals surface area contributed by atoms with Gasteiger partial charge in [-0.25, -0.2) is 0 Å². The standard InChI is InChI=1S/C22H47N3O/c1-4-6-7-8-9-10-11-12-13-14-15-16-18-24-22(26)17-20-25(5-2)21-19-23-3/h23H,4-21H2,1-3H3,(H,24,26). The molecule has 0 saturated carbocycles. The molecule has 0 spiro atoms. The second-order valence-electron chi connectivity index (χ2n) is 7.53. The second-order valence-corrected chi connectivity index (χ2v) is 7.53. The number of rotatable bonds is 20. The summed E-state index contributed by atoms with van der Waals surface area (Å²) in [5.74, 6) is 0.205. The van der Waals surface area contributed by atoms with Crippen LogP contribution in [0.3, 0.4) is 0 Å². The summed E-state index contributed by atoms with van der Waals surface area (Å²) in [5.41, 5.74) is 0. The molecule has 4 nitrogen and oxygen atoms in total. The molecule has 0 bridgehead atoms. The molecule has 156 valence electrons. The average Bonchev–Trinajstić information content (AvgIpc) is 2.65. The van der Waals surface area contributed by atoms with Crippen molar-refractivity contribution in [2.75, 3.05) is 39.8 Å². The summed E-state index contributed by atoms with van der Waals surface area (Å²) in [6, 6.07) is 0. The highest BCUT2D eigenvalue weighted by atomic mass is 16.1. The molecular weight excluding hydrogens is 322 g/mol. The van der Waals surface area contributed by atoms with Gasteiger partial charge in [-0.05, 0) is 20.0 Å². The van der Waals surface area contributed by atoms with E-state index in [-0.39, 0.29) is 5.91 Å². The van der Waals surface area contributed by atoms with Gasteiger partial charge in [0.1, 0.15) is 0 Å². The van der Waals surface area contributed by atoms with Gasteiger partial charge in [0.2, 0.25) is 5.91 Å². The summed E-state index contributed by atoms with van der Waals surface area (Å²) >= 11 is 0. The number of likely N-dealkylation sites (N-methyl/N-ethyl adjacent to an activating group) is 2. The first-order chi connectivity index (χ1) is 12.7. The fourth-order valence-corrected chi connectivity index (χ4v) is 3.24. The third kappa shape index (κ3) is 18.2. The van der Waals surface area contributed by atoms with Crippen LogP contribution in [0.25, 0.3) is 0 Å². The lowest BCUT2D eigenvalue weighted by Gasteiger charge is -2.19. The van der Waals surface area contributed by atoms with Gasteiger partial charge in [-0.15, -0.1) is 0 Å². The molecule has 0 aromatic heterocycles. The molecule has 0 aliphatic heterocycles. The first kappa shape index (κ1) is 25.4. The van der Waals surface area contributed by atoms with Gasteiger partial charge in [-0.1, -0.05) is 84.5 Å². The predicted molar refractivity (Wildman–Crippen MR) is 115 cm³/mol. The molecule has 1 amide bonds. The van der Waals surface area contributed by atoms with Crippen molar-refractivity contribution in [3.63, 3.8) is 0 Å². The fourth-order valence-electron chi connectivity index (χ4n) is 3.24. The number of nitrogens with one attached hydrogen (secondary N) is 2. The number of carbonyl (C=O) groups is 1. The Kier molecular flexibility index (Phi) is 20.2. The van der Waals surface area contributed by atoms with Crippen molar-refractivity contribution in [2.24, 2.45) is 0 Å². The molecule has 0 atom stereocenters. The Hall–Kier alpha value is -0.610. The third-order valence-electron chi connectivity index (χ3n) is 5.13. The van der Waals surface area contributed by atoms with Gasteiger partial charge in [0.05, 0.1) is 0 Å². The van der Waals surface area contributed by atoms with Crippen LogP contribution < -0.4 is 10.6 Å². The Morgan fingerprint density at radius 1 is 0.731 bits per heavy atom. The Morgan fingerprint density at radius 3 is 1.77 bits per heavy atom. The van der Waals surface area contributed by atoms with Crippen molar-refractivity contribution >= 4 is 5.91 Å². The summed E-state index contributed by atoms with van der Waals surface area (Å²) in [6.45, 7) is 9.14. The van der Waals surface area contributed by atoms with Crippen LogP contribution in [-0.4, -0.2) is 50.6 Å². The molecule has 2 N–H and O–H groups in total. The Bertz CT molecular complexity index is 297. The van der Waals surface area contributed by atoms with Crippen molar-refractivity contribution < 1.29 is 4.79 Å². The molecule has 0 saturated heterocycles. The highest BCUT2D eigenvalue weighted by molar-refractivity contribution is 5.75. The highest BCUT2D eigenvalue weighted by Gasteiger charge is 2.05. The van der Waals surface area contributed by atoms with E-state index in [2.05, 4.69) is 29.4 Å². The number of carbonyl (C=O) groups excluding carboxylic acids is 1. The van der Waals surface area contributed by atoms with Gasteiger partial charge >= 0.3 is 0 Å². The predicted octanol–water partition coefficient (Wildman–Crippen LogP) is 4.74. The van der Waals surface area contributed by atoms with E-state index >= 15 is 0 Å². The molecule has 0 aliphatic rings. The maximum absolute atomic E-state index is 11.9. The Labute approximate surface area is 163 Å². The SMILES string of the molecule is CCCCCCCCCCCCCCNC(=O)CCN(CC)CCNC. The van der Waals surface area contributed by atoms with Crippen molar-refractivity contribution in [1.29, 1.82) is 0 Å². The maximum atomic E-state index is 11.9. The molecular formula is C22H47N3O. The third-order valence-corrected chi connectivity index (χ3v) is 5.13. The molecule has 0 heterocycles. The number of hydrogen-bond donors (Lipinski definition) is 2. The van der Waals surface area contributed by atoms with Gasteiger partial charge in [0.25, 0.3) is 0 Å². The van der Waals surface area contributed by atoms with Crippen LogP contribution in [0.15, 0.2) is 0 Å². The Morgan fingerprint density at radius 2 is 1.27 bits per heavy atom. The first-order valence-corrected chi connectivity index (χ1v) is 11.4. The van der Waals surface area contributed by atoms with Crippen LogP contribution in [0.1, 0.15) is 97.3 Å². The molecule has 26 heavy (non-hydrogen) atoms. The van der Waals surface area contributed by atoms with E-state index in [9.17, 15) is 4.79 Å². The Balaban J connectivity index is 3.30. The minimum atomic E-state index is 0.205. The molecule has 0 radical (unpaired) electrons. The van der Waals surface area contributed by atoms with Gasteiger partial charge < -0.3 is 15.5 Å². The zero-order chi connectivity index (χ0) is 19.3. The van der Waals surface area contributed by atoms with Crippen LogP contribution in [-0.2, 0) is 4.79 Å². The molecule has 0 aliphatic carbocycles. The minimum absolute atomic E-state index is 0.205. The molecule has 0 fully saturated rings. The number of amides is 1. The largest absolute Gasteiger partial charge is 0.356 e. The van der Waals surface area contributed by atoms with E-state index in [1.54, 1.807) is 0 Å². The van der Waals surface area contributed by atoms with Crippen LogP contribution in [0.4, 0.5) is 0 Å². The molecule has 0 aromatic rings. The fraction of sp³-hybridized carbons (Fsp3) is 0.955. The van der Waals surface area contributed by atoms with Gasteiger partial charge in [-0.3, -0.25) is 4.79 Å². The first-order valence-electron chi connectivity index (χ1n) is 11.4. The van der Waals surface area contributed by atoms with Crippen molar-refractivity contribution in [3.05, 3.63) is 0 Å². The van der Waals surface area contributed by atoms with Crippen LogP contribution in [0, 0.1) is 0 Å². The van der Waals surface area contributed by atoms with Crippen molar-refractivity contribution in [2.45, 2.75) is 97.3 Å². The van der Waals surface area contributed by atoms with E-state index in [1.807, 2.05) is 7.05 Å². The average molecular weight is 370 g/mol. The number of hydrogen-bond acceptors (Lipinski definition) is 3. The lowest BCUT2D eigenvalue weighted by Crippen LogP contribution is -2.34. The summed E-state index contributed by atoms with van der Waals surface area (Å²) in [4.78, 5) is 14.2. The van der Waals surface area contributed by atoms with E-state index < -0.39 is 0 Å². The highest BCUT2D eigenvalue weighted by Crippen LogP contribution is 2.11. The summed E-state index contributed by atoms with van der Waals surface area (Å²) in [7, 11) is 1.97. The molecule has 4 heteroatoms. The molecule has 0 aromatic carbocycles. The van der Waals surface area contributed by atoms with Gasteiger partial charge in [-0.2, -0.15) is 0 Å².